The van der Waals surface area contributed by atoms with Crippen LogP contribution in [0.5, 0.6) is 5.75 Å². The quantitative estimate of drug-likeness (QED) is 0.163. The first-order chi connectivity index (χ1) is 21.4. The van der Waals surface area contributed by atoms with Gasteiger partial charge in [0.15, 0.2) is 0 Å². The van der Waals surface area contributed by atoms with Gasteiger partial charge in [-0.3, -0.25) is 4.68 Å². The first-order valence-corrected chi connectivity index (χ1v) is 14.5. The number of hydrogen-bond acceptors (Lipinski definition) is 5. The van der Waals surface area contributed by atoms with Gasteiger partial charge in [-0.25, -0.2) is 9.78 Å². The minimum absolute atomic E-state index is 0.336. The number of urea groups is 1. The number of pyridine rings is 1. The average molecular weight is 586 g/mol. The van der Waals surface area contributed by atoms with Gasteiger partial charge in [0.2, 0.25) is 0 Å². The molecular weight excluding hydrogens is 550 g/mol. The van der Waals surface area contributed by atoms with Crippen LogP contribution >= 0.6 is 0 Å². The molecule has 3 aromatic heterocycles. The van der Waals surface area contributed by atoms with Crippen LogP contribution < -0.4 is 15.4 Å². The lowest BCUT2D eigenvalue weighted by molar-refractivity contribution is 0.262. The van der Waals surface area contributed by atoms with Crippen molar-refractivity contribution in [1.29, 1.82) is 0 Å². The predicted molar refractivity (Wildman–Crippen MR) is 177 cm³/mol. The van der Waals surface area contributed by atoms with E-state index >= 15 is 0 Å². The number of ether oxygens (including phenoxy) is 1. The van der Waals surface area contributed by atoms with Gasteiger partial charge in [0.25, 0.3) is 0 Å². The number of hydrogen-bond donors (Lipinski definition) is 3. The minimum atomic E-state index is -0.336. The van der Waals surface area contributed by atoms with Crippen LogP contribution in [0.3, 0.4) is 0 Å². The molecule has 2 amide bonds. The van der Waals surface area contributed by atoms with Crippen LogP contribution in [0.2, 0.25) is 0 Å². The van der Waals surface area contributed by atoms with E-state index in [1.807, 2.05) is 41.2 Å². The fourth-order valence-corrected chi connectivity index (χ4v) is 5.28. The number of carbonyl (C=O) groups excluding carboxylic acids is 1. The maximum absolute atomic E-state index is 12.8. The zero-order valence-corrected chi connectivity index (χ0v) is 25.3. The number of aryl methyl sites for hydroxylation is 1. The van der Waals surface area contributed by atoms with E-state index in [9.17, 15) is 4.79 Å². The maximum atomic E-state index is 12.8. The normalized spacial score (nSPS) is 11.2. The van der Waals surface area contributed by atoms with Crippen LogP contribution in [0.25, 0.3) is 44.7 Å². The van der Waals surface area contributed by atoms with Crippen molar-refractivity contribution in [3.05, 3.63) is 103 Å². The third kappa shape index (κ3) is 6.18. The summed E-state index contributed by atoms with van der Waals surface area (Å²) >= 11 is 0. The molecule has 9 heteroatoms. The SMILES string of the molecule is CCn1cc(-c2ccnc3[nH]c(-c4ccc(CN(C)C)cc4)cc23)c(-c2cccc(NC(=O)Nc3ccc(OC)cc3)c2)n1. The summed E-state index contributed by atoms with van der Waals surface area (Å²) in [5.74, 6) is 0.725. The van der Waals surface area contributed by atoms with E-state index in [1.54, 1.807) is 31.4 Å². The topological polar surface area (TPSA) is 100 Å². The Morgan fingerprint density at radius 1 is 0.909 bits per heavy atom. The Bertz CT molecular complexity index is 1900. The van der Waals surface area contributed by atoms with Crippen molar-refractivity contribution in [1.82, 2.24) is 24.6 Å². The molecule has 0 unspecified atom stereocenters. The van der Waals surface area contributed by atoms with E-state index in [4.69, 9.17) is 9.84 Å². The number of aromatic nitrogens is 4. The lowest BCUT2D eigenvalue weighted by Gasteiger charge is -2.10. The Labute approximate surface area is 256 Å². The maximum Gasteiger partial charge on any atom is 0.323 e. The average Bonchev–Trinajstić information content (AvgIpc) is 3.67. The molecule has 0 atom stereocenters. The molecule has 0 fully saturated rings. The molecule has 0 radical (unpaired) electrons. The highest BCUT2D eigenvalue weighted by molar-refractivity contribution is 6.01. The van der Waals surface area contributed by atoms with Crippen molar-refractivity contribution < 1.29 is 9.53 Å². The summed E-state index contributed by atoms with van der Waals surface area (Å²) in [5, 5.41) is 11.7. The van der Waals surface area contributed by atoms with Crippen molar-refractivity contribution in [3.63, 3.8) is 0 Å². The van der Waals surface area contributed by atoms with Crippen LogP contribution in [-0.4, -0.2) is 51.9 Å². The molecule has 3 N–H and O–H groups in total. The number of fused-ring (bicyclic) bond motifs is 1. The van der Waals surface area contributed by atoms with Crippen molar-refractivity contribution >= 4 is 28.4 Å². The second-order valence-electron chi connectivity index (χ2n) is 10.9. The number of aromatic amines is 1. The van der Waals surface area contributed by atoms with Crippen LogP contribution in [0.4, 0.5) is 16.2 Å². The standard InChI is InChI=1S/C35H35N7O2/c1-5-42-22-31(29-17-18-36-34-30(29)20-32(39-34)24-11-9-23(10-12-24)21-41(2)3)33(40-42)25-7-6-8-27(19-25)38-35(43)37-26-13-15-28(44-4)16-14-26/h6-20,22H,5,21H2,1-4H3,(H,36,39)(H2,37,38,43). The Morgan fingerprint density at radius 3 is 2.41 bits per heavy atom. The third-order valence-corrected chi connectivity index (χ3v) is 7.41. The van der Waals surface area contributed by atoms with Crippen LogP contribution in [0, 0.1) is 0 Å². The molecule has 0 bridgehead atoms. The minimum Gasteiger partial charge on any atom is -0.497 e. The number of H-pyrrole nitrogens is 1. The van der Waals surface area contributed by atoms with Crippen LogP contribution in [-0.2, 0) is 13.1 Å². The first kappa shape index (κ1) is 28.7. The number of nitrogens with zero attached hydrogens (tertiary/aromatic N) is 4. The zero-order chi connectivity index (χ0) is 30.6. The second kappa shape index (κ2) is 12.4. The van der Waals surface area contributed by atoms with Gasteiger partial charge in [-0.05, 0) is 86.2 Å². The first-order valence-electron chi connectivity index (χ1n) is 14.5. The summed E-state index contributed by atoms with van der Waals surface area (Å²) < 4.78 is 7.13. The van der Waals surface area contributed by atoms with Gasteiger partial charge >= 0.3 is 6.03 Å². The molecule has 0 saturated carbocycles. The third-order valence-electron chi connectivity index (χ3n) is 7.41. The predicted octanol–water partition coefficient (Wildman–Crippen LogP) is 7.49. The van der Waals surface area contributed by atoms with Gasteiger partial charge in [0.05, 0.1) is 7.11 Å². The number of anilines is 2. The summed E-state index contributed by atoms with van der Waals surface area (Å²) in [6.07, 6.45) is 3.90. The summed E-state index contributed by atoms with van der Waals surface area (Å²) in [6, 6.07) is 27.4. The van der Waals surface area contributed by atoms with E-state index in [2.05, 4.69) is 83.0 Å². The Kier molecular flexibility index (Phi) is 8.12. The molecular formula is C35H35N7O2. The van der Waals surface area contributed by atoms with Crippen LogP contribution in [0.1, 0.15) is 12.5 Å². The molecule has 3 heterocycles. The lowest BCUT2D eigenvalue weighted by atomic mass is 9.99. The molecule has 6 rings (SSSR count). The van der Waals surface area contributed by atoms with E-state index in [0.29, 0.717) is 11.4 Å². The van der Waals surface area contributed by atoms with Crippen LogP contribution in [0.15, 0.2) is 97.3 Å². The summed E-state index contributed by atoms with van der Waals surface area (Å²) in [5.41, 5.74) is 9.27. The molecule has 3 aromatic carbocycles. The number of nitrogens with one attached hydrogen (secondary N) is 3. The number of amides is 2. The number of benzene rings is 3. The van der Waals surface area contributed by atoms with Crippen molar-refractivity contribution in [2.75, 3.05) is 31.8 Å². The van der Waals surface area contributed by atoms with Crippen molar-refractivity contribution in [3.8, 4) is 39.4 Å². The molecule has 222 valence electrons. The Balaban J connectivity index is 1.30. The molecule has 6 aromatic rings. The Hall–Kier alpha value is -5.41. The van der Waals surface area contributed by atoms with Crippen molar-refractivity contribution in [2.45, 2.75) is 20.0 Å². The van der Waals surface area contributed by atoms with Gasteiger partial charge in [0, 0.05) is 59.1 Å². The zero-order valence-electron chi connectivity index (χ0n) is 25.3. The number of carbonyl (C=O) groups is 1. The number of rotatable bonds is 9. The molecule has 44 heavy (non-hydrogen) atoms. The van der Waals surface area contributed by atoms with E-state index in [-0.39, 0.29) is 6.03 Å². The van der Waals surface area contributed by atoms with Gasteiger partial charge < -0.3 is 25.3 Å². The summed E-state index contributed by atoms with van der Waals surface area (Å²) in [7, 11) is 5.75. The monoisotopic (exact) mass is 585 g/mol. The summed E-state index contributed by atoms with van der Waals surface area (Å²) in [6.45, 7) is 3.69. The van der Waals surface area contributed by atoms with Crippen molar-refractivity contribution in [2.24, 2.45) is 0 Å². The van der Waals surface area contributed by atoms with Gasteiger partial charge in [-0.15, -0.1) is 0 Å². The fraction of sp³-hybridized carbons (Fsp3) is 0.171. The van der Waals surface area contributed by atoms with E-state index in [1.165, 1.54) is 5.56 Å². The molecule has 9 nitrogen and oxygen atoms in total. The smallest absolute Gasteiger partial charge is 0.323 e. The summed E-state index contributed by atoms with van der Waals surface area (Å²) in [4.78, 5) is 23.1. The van der Waals surface area contributed by atoms with Gasteiger partial charge in [-0.2, -0.15) is 5.10 Å². The van der Waals surface area contributed by atoms with E-state index in [0.717, 1.165) is 63.5 Å². The molecule has 0 saturated heterocycles. The highest BCUT2D eigenvalue weighted by Gasteiger charge is 2.18. The van der Waals surface area contributed by atoms with Gasteiger partial charge in [-0.1, -0.05) is 36.4 Å². The Morgan fingerprint density at radius 2 is 1.68 bits per heavy atom. The molecule has 0 aliphatic carbocycles. The molecule has 0 spiro atoms. The van der Waals surface area contributed by atoms with E-state index < -0.39 is 0 Å². The van der Waals surface area contributed by atoms with Gasteiger partial charge in [0.1, 0.15) is 17.1 Å². The second-order valence-corrected chi connectivity index (χ2v) is 10.9. The molecule has 0 aliphatic rings. The fourth-order valence-electron chi connectivity index (χ4n) is 5.28. The number of methoxy groups -OCH3 is 1. The highest BCUT2D eigenvalue weighted by Crippen LogP contribution is 2.37. The highest BCUT2D eigenvalue weighted by atomic mass is 16.5. The molecule has 0 aliphatic heterocycles. The lowest BCUT2D eigenvalue weighted by Crippen LogP contribution is -2.19. The largest absolute Gasteiger partial charge is 0.497 e.